The van der Waals surface area contributed by atoms with Crippen LogP contribution in [0, 0.1) is 6.92 Å². The number of nitrogens with zero attached hydrogens (tertiary/aromatic N) is 5. The number of rotatable bonds is 11. The Kier molecular flexibility index (Phi) is 12.2. The fourth-order valence-corrected chi connectivity index (χ4v) is 4.37. The second-order valence-electron chi connectivity index (χ2n) is 9.36. The van der Waals surface area contributed by atoms with Crippen molar-refractivity contribution in [2.75, 3.05) is 45.1 Å². The lowest BCUT2D eigenvalue weighted by Gasteiger charge is -2.31. The molecule has 0 saturated carbocycles. The average Bonchev–Trinajstić information content (AvgIpc) is 3.49. The van der Waals surface area contributed by atoms with Crippen LogP contribution in [0.25, 0.3) is 11.5 Å². The standard InChI is InChI=1S/C27H35N7O4.2ClH/c1-5-28-12-13-33(18-25(36)32(4)34-16-21-8-6-7-9-22(21)17-34)24(35)15-29-23-11-10-20(14-19(23)2)26-30-31(3)27(37)38-26;;/h6-11,14,28-29H,5,12-13,15-18H2,1-4H3;2*1H. The molecule has 3 aromatic rings. The van der Waals surface area contributed by atoms with Crippen LogP contribution < -0.4 is 16.4 Å². The molecule has 1 aromatic heterocycles. The van der Waals surface area contributed by atoms with Crippen LogP contribution in [-0.4, -0.2) is 76.3 Å². The Morgan fingerprint density at radius 1 is 1.07 bits per heavy atom. The smallest absolute Gasteiger partial charge is 0.388 e. The molecule has 2 aromatic carbocycles. The first-order valence-corrected chi connectivity index (χ1v) is 12.7. The molecule has 0 bridgehead atoms. The topological polar surface area (TPSA) is 116 Å². The van der Waals surface area contributed by atoms with E-state index in [4.69, 9.17) is 4.42 Å². The van der Waals surface area contributed by atoms with Crippen LogP contribution in [0.4, 0.5) is 5.69 Å². The van der Waals surface area contributed by atoms with E-state index >= 15 is 0 Å². The summed E-state index contributed by atoms with van der Waals surface area (Å²) in [4.78, 5) is 39.5. The van der Waals surface area contributed by atoms with Crippen molar-refractivity contribution in [2.45, 2.75) is 26.9 Å². The molecule has 13 heteroatoms. The summed E-state index contributed by atoms with van der Waals surface area (Å²) in [5.41, 5.74) is 4.73. The van der Waals surface area contributed by atoms with Crippen LogP contribution in [0.3, 0.4) is 0 Å². The molecule has 218 valence electrons. The Labute approximate surface area is 246 Å². The lowest BCUT2D eigenvalue weighted by Crippen LogP contribution is -2.49. The maximum absolute atomic E-state index is 13.2. The van der Waals surface area contributed by atoms with Gasteiger partial charge in [0.15, 0.2) is 0 Å². The highest BCUT2D eigenvalue weighted by Crippen LogP contribution is 2.24. The minimum absolute atomic E-state index is 0. The van der Waals surface area contributed by atoms with Crippen LogP contribution >= 0.6 is 24.8 Å². The first kappa shape index (κ1) is 32.8. The Hall–Kier alpha value is -3.38. The van der Waals surface area contributed by atoms with E-state index in [9.17, 15) is 14.4 Å². The minimum Gasteiger partial charge on any atom is -0.388 e. The third-order valence-electron chi connectivity index (χ3n) is 6.69. The van der Waals surface area contributed by atoms with E-state index < -0.39 is 5.76 Å². The van der Waals surface area contributed by atoms with Gasteiger partial charge in [-0.1, -0.05) is 31.2 Å². The van der Waals surface area contributed by atoms with E-state index in [1.807, 2.05) is 43.1 Å². The molecule has 1 aliphatic heterocycles. The third-order valence-corrected chi connectivity index (χ3v) is 6.69. The summed E-state index contributed by atoms with van der Waals surface area (Å²) in [6.45, 7) is 7.06. The molecule has 0 aliphatic carbocycles. The summed E-state index contributed by atoms with van der Waals surface area (Å²) < 4.78 is 6.29. The number of carbonyl (C=O) groups is 2. The van der Waals surface area contributed by atoms with Gasteiger partial charge in [-0.3, -0.25) is 14.6 Å². The number of likely N-dealkylation sites (N-methyl/N-ethyl adjacent to an activating group) is 2. The second-order valence-corrected chi connectivity index (χ2v) is 9.36. The molecule has 4 rings (SSSR count). The third kappa shape index (κ3) is 7.85. The number of hydrogen-bond donors (Lipinski definition) is 2. The number of aromatic nitrogens is 2. The van der Waals surface area contributed by atoms with Crippen LogP contribution in [0.5, 0.6) is 0 Å². The SMILES string of the molecule is CCNCCN(CC(=O)N(C)N1Cc2ccccc2C1)C(=O)CNc1ccc(-c2nn(C)c(=O)o2)cc1C.Cl.Cl. The molecule has 0 fully saturated rings. The van der Waals surface area contributed by atoms with Crippen molar-refractivity contribution in [3.8, 4) is 11.5 Å². The molecule has 0 saturated heterocycles. The van der Waals surface area contributed by atoms with E-state index in [-0.39, 0.29) is 55.6 Å². The lowest BCUT2D eigenvalue weighted by atomic mass is 10.1. The zero-order chi connectivity index (χ0) is 27.2. The van der Waals surface area contributed by atoms with E-state index in [1.54, 1.807) is 23.0 Å². The molecule has 11 nitrogen and oxygen atoms in total. The van der Waals surface area contributed by atoms with Gasteiger partial charge in [0, 0.05) is 51.5 Å². The van der Waals surface area contributed by atoms with Crippen LogP contribution in [0.15, 0.2) is 51.7 Å². The van der Waals surface area contributed by atoms with Crippen LogP contribution in [0.2, 0.25) is 0 Å². The van der Waals surface area contributed by atoms with Crippen molar-refractivity contribution < 1.29 is 14.0 Å². The van der Waals surface area contributed by atoms with Crippen molar-refractivity contribution in [1.82, 2.24) is 30.0 Å². The van der Waals surface area contributed by atoms with Gasteiger partial charge >= 0.3 is 5.76 Å². The number of amides is 2. The quantitative estimate of drug-likeness (QED) is 0.326. The fourth-order valence-electron chi connectivity index (χ4n) is 4.37. The number of aryl methyl sites for hydroxylation is 2. The molecule has 1 aliphatic rings. The normalized spacial score (nSPS) is 12.2. The monoisotopic (exact) mass is 593 g/mol. The van der Waals surface area contributed by atoms with Crippen LogP contribution in [-0.2, 0) is 29.7 Å². The number of carbonyl (C=O) groups excluding carboxylic acids is 2. The van der Waals surface area contributed by atoms with Gasteiger partial charge in [-0.2, -0.15) is 4.68 Å². The summed E-state index contributed by atoms with van der Waals surface area (Å²) in [7, 11) is 3.28. The number of halogens is 2. The van der Waals surface area contributed by atoms with Crippen LogP contribution in [0.1, 0.15) is 23.6 Å². The molecular weight excluding hydrogens is 557 g/mol. The average molecular weight is 595 g/mol. The Morgan fingerprint density at radius 2 is 1.75 bits per heavy atom. The zero-order valence-corrected chi connectivity index (χ0v) is 24.8. The number of fused-ring (bicyclic) bond motifs is 1. The summed E-state index contributed by atoms with van der Waals surface area (Å²) in [6.07, 6.45) is 0. The van der Waals surface area contributed by atoms with Gasteiger partial charge < -0.3 is 20.0 Å². The van der Waals surface area contributed by atoms with Crippen molar-refractivity contribution in [3.05, 3.63) is 69.7 Å². The molecule has 0 atom stereocenters. The molecule has 0 radical (unpaired) electrons. The Balaban J connectivity index is 0.00000280. The first-order chi connectivity index (χ1) is 18.3. The van der Waals surface area contributed by atoms with Crippen molar-refractivity contribution >= 4 is 42.3 Å². The molecule has 0 unspecified atom stereocenters. The van der Waals surface area contributed by atoms with Crippen molar-refractivity contribution in [2.24, 2.45) is 7.05 Å². The van der Waals surface area contributed by atoms with E-state index in [0.717, 1.165) is 22.5 Å². The van der Waals surface area contributed by atoms with E-state index in [1.165, 1.54) is 18.2 Å². The predicted molar refractivity (Wildman–Crippen MR) is 158 cm³/mol. The van der Waals surface area contributed by atoms with E-state index in [2.05, 4.69) is 27.9 Å². The zero-order valence-electron chi connectivity index (χ0n) is 23.2. The molecular formula is C27H37Cl2N7O4. The highest BCUT2D eigenvalue weighted by Gasteiger charge is 2.27. The molecule has 0 spiro atoms. The predicted octanol–water partition coefficient (Wildman–Crippen LogP) is 2.43. The molecule has 2 amide bonds. The number of anilines is 1. The fraction of sp³-hybridized carbons (Fsp3) is 0.407. The minimum atomic E-state index is -0.530. The maximum Gasteiger partial charge on any atom is 0.437 e. The highest BCUT2D eigenvalue weighted by molar-refractivity contribution is 5.87. The van der Waals surface area contributed by atoms with Gasteiger partial charge in [0.25, 0.3) is 5.91 Å². The van der Waals surface area contributed by atoms with E-state index in [0.29, 0.717) is 31.7 Å². The summed E-state index contributed by atoms with van der Waals surface area (Å²) in [5, 5.41) is 14.1. The number of hydrazine groups is 1. The Morgan fingerprint density at radius 3 is 2.33 bits per heavy atom. The molecule has 40 heavy (non-hydrogen) atoms. The molecule has 2 N–H and O–H groups in total. The van der Waals surface area contributed by atoms with Crippen molar-refractivity contribution in [1.29, 1.82) is 0 Å². The van der Waals surface area contributed by atoms with Gasteiger partial charge in [0.05, 0.1) is 6.54 Å². The van der Waals surface area contributed by atoms with Gasteiger partial charge in [0.1, 0.15) is 6.54 Å². The largest absolute Gasteiger partial charge is 0.437 e. The van der Waals surface area contributed by atoms with Gasteiger partial charge in [-0.05, 0) is 48.4 Å². The second kappa shape index (κ2) is 14.8. The summed E-state index contributed by atoms with van der Waals surface area (Å²) >= 11 is 0. The Bertz CT molecular complexity index is 1340. The van der Waals surface area contributed by atoms with Gasteiger partial charge in [0.2, 0.25) is 11.8 Å². The number of hydrogen-bond acceptors (Lipinski definition) is 8. The van der Waals surface area contributed by atoms with Gasteiger partial charge in [-0.25, -0.2) is 9.80 Å². The molecule has 2 heterocycles. The maximum atomic E-state index is 13.2. The summed E-state index contributed by atoms with van der Waals surface area (Å²) in [5.74, 6) is -0.604. The number of benzene rings is 2. The number of nitrogens with one attached hydrogen (secondary N) is 2. The lowest BCUT2D eigenvalue weighted by molar-refractivity contribution is -0.151. The van der Waals surface area contributed by atoms with Gasteiger partial charge in [-0.15, -0.1) is 29.9 Å². The highest BCUT2D eigenvalue weighted by atomic mass is 35.5. The first-order valence-electron chi connectivity index (χ1n) is 12.7. The summed E-state index contributed by atoms with van der Waals surface area (Å²) in [6, 6.07) is 13.6. The van der Waals surface area contributed by atoms with Crippen molar-refractivity contribution in [3.63, 3.8) is 0 Å².